The van der Waals surface area contributed by atoms with Crippen LogP contribution in [0.4, 0.5) is 0 Å². The lowest BCUT2D eigenvalue weighted by Gasteiger charge is -2.03. The van der Waals surface area contributed by atoms with Gasteiger partial charge in [-0.2, -0.15) is 0 Å². The van der Waals surface area contributed by atoms with Crippen molar-refractivity contribution in [2.24, 2.45) is 0 Å². The molecule has 0 heterocycles. The van der Waals surface area contributed by atoms with Gasteiger partial charge in [-0.1, -0.05) is 64.7 Å². The smallest absolute Gasteiger partial charge is 0.225 e. The van der Waals surface area contributed by atoms with Gasteiger partial charge in [0, 0.05) is 10.5 Å². The van der Waals surface area contributed by atoms with Gasteiger partial charge in [-0.05, 0) is 36.4 Å². The van der Waals surface area contributed by atoms with Crippen LogP contribution in [0.5, 0.6) is 0 Å². The number of hydrogen-bond donors (Lipinski definition) is 0. The number of carbonyl (C=O) groups is 2. The first kappa shape index (κ1) is 20.0. The molecular weight excluding hydrogens is 304 g/mol. The highest BCUT2D eigenvalue weighted by molar-refractivity contribution is 7.99. The van der Waals surface area contributed by atoms with Gasteiger partial charge < -0.3 is 0 Å². The first-order valence-electron chi connectivity index (χ1n) is 9.00. The van der Waals surface area contributed by atoms with Crippen LogP contribution in [0.3, 0.4) is 0 Å². The van der Waals surface area contributed by atoms with Gasteiger partial charge >= 0.3 is 0 Å². The highest BCUT2D eigenvalue weighted by Crippen LogP contribution is 2.20. The molecule has 1 aromatic carbocycles. The van der Waals surface area contributed by atoms with Gasteiger partial charge in [0.25, 0.3) is 0 Å². The van der Waals surface area contributed by atoms with Crippen LogP contribution < -0.4 is 0 Å². The summed E-state index contributed by atoms with van der Waals surface area (Å²) in [5.74, 6) is 0.675. The minimum absolute atomic E-state index is 0.367. The quantitative estimate of drug-likeness (QED) is 0.136. The molecule has 0 unspecified atom stereocenters. The van der Waals surface area contributed by atoms with E-state index in [-0.39, 0.29) is 0 Å². The summed E-state index contributed by atoms with van der Waals surface area (Å²) < 4.78 is 0. The summed E-state index contributed by atoms with van der Waals surface area (Å²) in [4.78, 5) is 22.8. The fourth-order valence-electron chi connectivity index (χ4n) is 2.56. The van der Waals surface area contributed by atoms with Gasteiger partial charge in [0.1, 0.15) is 0 Å². The van der Waals surface area contributed by atoms with Gasteiger partial charge in [-0.15, -0.1) is 11.8 Å². The van der Waals surface area contributed by atoms with Crippen LogP contribution in [0.1, 0.15) is 81.5 Å². The number of aldehydes is 1. The van der Waals surface area contributed by atoms with Crippen molar-refractivity contribution < 1.29 is 9.59 Å². The van der Waals surface area contributed by atoms with E-state index in [0.717, 1.165) is 5.75 Å². The summed E-state index contributed by atoms with van der Waals surface area (Å²) in [5, 5.41) is 0. The molecule has 0 saturated carbocycles. The largest absolute Gasteiger partial charge is 0.294 e. The predicted molar refractivity (Wildman–Crippen MR) is 99.4 cm³/mol. The molecule has 0 radical (unpaired) electrons. The van der Waals surface area contributed by atoms with Gasteiger partial charge in [0.2, 0.25) is 5.78 Å². The van der Waals surface area contributed by atoms with E-state index < -0.39 is 5.78 Å². The van der Waals surface area contributed by atoms with Crippen molar-refractivity contribution in [3.05, 3.63) is 29.8 Å². The summed E-state index contributed by atoms with van der Waals surface area (Å²) in [7, 11) is 0. The van der Waals surface area contributed by atoms with E-state index in [9.17, 15) is 9.59 Å². The molecule has 1 aromatic rings. The van der Waals surface area contributed by atoms with E-state index in [2.05, 4.69) is 6.92 Å². The van der Waals surface area contributed by atoms with E-state index in [4.69, 9.17) is 0 Å². The Morgan fingerprint density at radius 1 is 0.870 bits per heavy atom. The first-order valence-corrected chi connectivity index (χ1v) is 9.99. The van der Waals surface area contributed by atoms with Crippen LogP contribution in [-0.4, -0.2) is 17.8 Å². The average Bonchev–Trinajstić information content (AvgIpc) is 2.59. The molecular formula is C20H30O2S. The molecule has 0 spiro atoms. The van der Waals surface area contributed by atoms with Crippen molar-refractivity contribution >= 4 is 23.8 Å². The second-order valence-electron chi connectivity index (χ2n) is 6.04. The maximum Gasteiger partial charge on any atom is 0.225 e. The van der Waals surface area contributed by atoms with E-state index in [1.807, 2.05) is 23.9 Å². The summed E-state index contributed by atoms with van der Waals surface area (Å²) in [6.07, 6.45) is 14.0. The number of hydrogen-bond acceptors (Lipinski definition) is 3. The van der Waals surface area contributed by atoms with Crippen molar-refractivity contribution in [1.29, 1.82) is 0 Å². The number of unbranched alkanes of at least 4 members (excludes halogenated alkanes) is 9. The zero-order valence-electron chi connectivity index (χ0n) is 14.4. The highest BCUT2D eigenvalue weighted by Gasteiger charge is 2.03. The van der Waals surface area contributed by atoms with E-state index in [0.29, 0.717) is 11.8 Å². The molecule has 0 saturated heterocycles. The molecule has 23 heavy (non-hydrogen) atoms. The molecule has 0 aliphatic carbocycles. The van der Waals surface area contributed by atoms with Crippen molar-refractivity contribution in [2.45, 2.75) is 76.0 Å². The lowest BCUT2D eigenvalue weighted by Crippen LogP contribution is -1.98. The fraction of sp³-hybridized carbons (Fsp3) is 0.600. The maximum atomic E-state index is 11.2. The molecule has 128 valence electrons. The minimum Gasteiger partial charge on any atom is -0.294 e. The first-order chi connectivity index (χ1) is 11.3. The summed E-state index contributed by atoms with van der Waals surface area (Å²) >= 11 is 1.83. The second kappa shape index (κ2) is 13.4. The topological polar surface area (TPSA) is 34.1 Å². The van der Waals surface area contributed by atoms with Crippen LogP contribution >= 0.6 is 11.8 Å². The average molecular weight is 335 g/mol. The molecule has 0 bridgehead atoms. The molecule has 0 aliphatic rings. The number of Topliss-reactive ketones (excluding diaryl/α,β-unsaturated/α-hetero) is 1. The molecule has 0 N–H and O–H groups in total. The van der Waals surface area contributed by atoms with Gasteiger partial charge in [-0.3, -0.25) is 9.59 Å². The van der Waals surface area contributed by atoms with Gasteiger partial charge in [0.05, 0.1) is 0 Å². The number of benzene rings is 1. The van der Waals surface area contributed by atoms with Crippen LogP contribution in [0.15, 0.2) is 29.2 Å². The number of ketones is 1. The lowest BCUT2D eigenvalue weighted by atomic mass is 10.1. The van der Waals surface area contributed by atoms with Gasteiger partial charge in [-0.25, -0.2) is 0 Å². The van der Waals surface area contributed by atoms with Crippen molar-refractivity contribution in [2.75, 3.05) is 5.75 Å². The summed E-state index contributed by atoms with van der Waals surface area (Å²) in [6.45, 7) is 2.26. The SMILES string of the molecule is CCCCCCCCCCCCSc1ccc(C(=O)C=O)cc1. The van der Waals surface area contributed by atoms with E-state index >= 15 is 0 Å². The van der Waals surface area contributed by atoms with Crippen LogP contribution in [0.2, 0.25) is 0 Å². The molecule has 1 rings (SSSR count). The Labute approximate surface area is 145 Å². The minimum atomic E-state index is -0.448. The Kier molecular flexibility index (Phi) is 11.6. The van der Waals surface area contributed by atoms with Crippen LogP contribution in [-0.2, 0) is 4.79 Å². The Morgan fingerprint density at radius 2 is 1.39 bits per heavy atom. The van der Waals surface area contributed by atoms with Crippen molar-refractivity contribution in [1.82, 2.24) is 0 Å². The molecule has 0 amide bonds. The summed E-state index contributed by atoms with van der Waals surface area (Å²) in [5.41, 5.74) is 0.475. The molecule has 0 aromatic heterocycles. The molecule has 0 atom stereocenters. The van der Waals surface area contributed by atoms with Crippen molar-refractivity contribution in [3.8, 4) is 0 Å². The molecule has 2 nitrogen and oxygen atoms in total. The Morgan fingerprint density at radius 3 is 1.91 bits per heavy atom. The van der Waals surface area contributed by atoms with E-state index in [1.165, 1.54) is 69.1 Å². The Hall–Kier alpha value is -1.09. The fourth-order valence-corrected chi connectivity index (χ4v) is 3.48. The zero-order valence-corrected chi connectivity index (χ0v) is 15.2. The Bertz CT molecular complexity index is 439. The van der Waals surface area contributed by atoms with Crippen LogP contribution in [0.25, 0.3) is 0 Å². The monoisotopic (exact) mass is 334 g/mol. The second-order valence-corrected chi connectivity index (χ2v) is 7.21. The molecule has 0 fully saturated rings. The third-order valence-corrected chi connectivity index (χ3v) is 5.11. The van der Waals surface area contributed by atoms with E-state index in [1.54, 1.807) is 12.1 Å². The number of thioether (sulfide) groups is 1. The maximum absolute atomic E-state index is 11.2. The van der Waals surface area contributed by atoms with Gasteiger partial charge in [0.15, 0.2) is 6.29 Å². The normalized spacial score (nSPS) is 10.7. The third-order valence-electron chi connectivity index (χ3n) is 4.01. The molecule has 3 heteroatoms. The number of carbonyl (C=O) groups excluding carboxylic acids is 2. The third kappa shape index (κ3) is 9.60. The standard InChI is InChI=1S/C20H30O2S/c1-2-3-4-5-6-7-8-9-10-11-16-23-19-14-12-18(13-15-19)20(22)17-21/h12-15,17H,2-11,16H2,1H3. The summed E-state index contributed by atoms with van der Waals surface area (Å²) in [6, 6.07) is 7.32. The Balaban J connectivity index is 1.98. The zero-order chi connectivity index (χ0) is 16.8. The molecule has 0 aliphatic heterocycles. The van der Waals surface area contributed by atoms with Crippen molar-refractivity contribution in [3.63, 3.8) is 0 Å². The highest BCUT2D eigenvalue weighted by atomic mass is 32.2. The predicted octanol–water partition coefficient (Wildman–Crippen LogP) is 6.08. The lowest BCUT2D eigenvalue weighted by molar-refractivity contribution is -0.104. The number of rotatable bonds is 14. The van der Waals surface area contributed by atoms with Crippen LogP contribution in [0, 0.1) is 0 Å².